The monoisotopic (exact) mass is 537 g/mol. The van der Waals surface area contributed by atoms with Gasteiger partial charge in [-0.25, -0.2) is 15.0 Å². The minimum Gasteiger partial charge on any atom is -0.462 e. The van der Waals surface area contributed by atoms with E-state index >= 15 is 0 Å². The molecule has 1 amide bonds. The summed E-state index contributed by atoms with van der Waals surface area (Å²) in [5, 5.41) is 7.60. The van der Waals surface area contributed by atoms with Crippen molar-refractivity contribution in [1.29, 1.82) is 0 Å². The van der Waals surface area contributed by atoms with Gasteiger partial charge in [-0.15, -0.1) is 0 Å². The fraction of sp³-hybridized carbons (Fsp3) is 0.300. The Kier molecular flexibility index (Phi) is 6.67. The van der Waals surface area contributed by atoms with Crippen LogP contribution in [0.4, 0.5) is 17.2 Å². The van der Waals surface area contributed by atoms with Gasteiger partial charge in [0.05, 0.1) is 11.7 Å². The Balaban J connectivity index is 1.18. The van der Waals surface area contributed by atoms with E-state index in [4.69, 9.17) is 14.5 Å². The van der Waals surface area contributed by atoms with E-state index in [1.165, 1.54) is 0 Å². The first kappa shape index (κ1) is 25.5. The van der Waals surface area contributed by atoms with E-state index in [1.54, 1.807) is 19.4 Å². The number of aryl methyl sites for hydroxylation is 2. The Morgan fingerprint density at radius 1 is 0.975 bits per heavy atom. The molecule has 2 aromatic heterocycles. The minimum absolute atomic E-state index is 0.109. The molecule has 6 rings (SSSR count). The van der Waals surface area contributed by atoms with Crippen LogP contribution in [-0.2, 0) is 9.53 Å². The number of benzene rings is 2. The number of carbonyl (C=O) groups excluding carboxylic acids is 1. The van der Waals surface area contributed by atoms with Crippen molar-refractivity contribution >= 4 is 40.0 Å². The quantitative estimate of drug-likeness (QED) is 0.350. The van der Waals surface area contributed by atoms with Crippen molar-refractivity contribution in [3.05, 3.63) is 72.3 Å². The number of aliphatic imine (C=N–C) groups is 1. The highest BCUT2D eigenvalue weighted by Gasteiger charge is 2.40. The van der Waals surface area contributed by atoms with Crippen molar-refractivity contribution in [3.63, 3.8) is 0 Å². The number of pyridine rings is 1. The Hall–Kier alpha value is -4.73. The molecule has 0 saturated carbocycles. The van der Waals surface area contributed by atoms with Crippen LogP contribution in [0, 0.1) is 13.8 Å². The van der Waals surface area contributed by atoms with E-state index in [-0.39, 0.29) is 11.4 Å². The number of aromatic nitrogens is 3. The highest BCUT2D eigenvalue weighted by molar-refractivity contribution is 5.97. The van der Waals surface area contributed by atoms with Crippen LogP contribution in [0.2, 0.25) is 0 Å². The molecule has 0 aliphatic carbocycles. The normalized spacial score (nSPS) is 16.0. The Morgan fingerprint density at radius 2 is 1.77 bits per heavy atom. The third kappa shape index (κ3) is 5.38. The SMILES string of the molecule is CC(=O)N1CCC2(CC1)COC(Nc1ccc3ncnc(Nc4ccc(Oc5ccc(C)nc5)c(C)c4)c3c1)=N2. The summed E-state index contributed by atoms with van der Waals surface area (Å²) in [6.45, 7) is 7.48. The maximum atomic E-state index is 11.7. The highest BCUT2D eigenvalue weighted by atomic mass is 16.5. The number of rotatable bonds is 5. The number of hydrogen-bond donors (Lipinski definition) is 2. The smallest absolute Gasteiger partial charge is 0.289 e. The van der Waals surface area contributed by atoms with Crippen LogP contribution in [0.15, 0.2) is 66.0 Å². The second kappa shape index (κ2) is 10.4. The molecule has 4 aromatic rings. The van der Waals surface area contributed by atoms with Crippen LogP contribution in [0.1, 0.15) is 31.0 Å². The lowest BCUT2D eigenvalue weighted by atomic mass is 9.89. The number of hydrogen-bond acceptors (Lipinski definition) is 9. The summed E-state index contributed by atoms with van der Waals surface area (Å²) < 4.78 is 11.9. The molecule has 1 saturated heterocycles. The maximum absolute atomic E-state index is 11.7. The largest absolute Gasteiger partial charge is 0.462 e. The van der Waals surface area contributed by atoms with Crippen LogP contribution < -0.4 is 15.4 Å². The van der Waals surface area contributed by atoms with Gasteiger partial charge in [0, 0.05) is 42.5 Å². The Bertz CT molecular complexity index is 1600. The van der Waals surface area contributed by atoms with Crippen LogP contribution in [0.5, 0.6) is 11.5 Å². The zero-order valence-electron chi connectivity index (χ0n) is 22.8. The predicted octanol–water partition coefficient (Wildman–Crippen LogP) is 5.36. The number of nitrogens with zero attached hydrogens (tertiary/aromatic N) is 5. The maximum Gasteiger partial charge on any atom is 0.289 e. The number of fused-ring (bicyclic) bond motifs is 1. The van der Waals surface area contributed by atoms with Crippen LogP contribution in [0.3, 0.4) is 0 Å². The van der Waals surface area contributed by atoms with Gasteiger partial charge in [-0.1, -0.05) is 0 Å². The van der Waals surface area contributed by atoms with Gasteiger partial charge in [-0.3, -0.25) is 9.78 Å². The van der Waals surface area contributed by atoms with Crippen LogP contribution in [0.25, 0.3) is 10.9 Å². The number of amides is 1. The van der Waals surface area contributed by atoms with Crippen LogP contribution >= 0.6 is 0 Å². The second-order valence-corrected chi connectivity index (χ2v) is 10.4. The molecular weight excluding hydrogens is 506 g/mol. The minimum atomic E-state index is -0.273. The molecule has 10 heteroatoms. The fourth-order valence-corrected chi connectivity index (χ4v) is 5.02. The average molecular weight is 538 g/mol. The molecular formula is C30H31N7O3. The molecule has 40 heavy (non-hydrogen) atoms. The van der Waals surface area contributed by atoms with E-state index in [2.05, 4.69) is 25.6 Å². The van der Waals surface area contributed by atoms with Crippen molar-refractivity contribution in [2.75, 3.05) is 30.3 Å². The zero-order valence-corrected chi connectivity index (χ0v) is 22.8. The van der Waals surface area contributed by atoms with Crippen molar-refractivity contribution in [1.82, 2.24) is 19.9 Å². The molecule has 2 N–H and O–H groups in total. The van der Waals surface area contributed by atoms with E-state index in [1.807, 2.05) is 67.3 Å². The lowest BCUT2D eigenvalue weighted by molar-refractivity contribution is -0.130. The molecule has 2 aromatic carbocycles. The van der Waals surface area contributed by atoms with Crippen molar-refractivity contribution < 1.29 is 14.3 Å². The second-order valence-electron chi connectivity index (χ2n) is 10.4. The summed E-state index contributed by atoms with van der Waals surface area (Å²) in [6.07, 6.45) is 4.86. The molecule has 1 spiro atoms. The number of carbonyl (C=O) groups is 1. The lowest BCUT2D eigenvalue weighted by Crippen LogP contribution is -2.45. The van der Waals surface area contributed by atoms with Crippen molar-refractivity contribution in [3.8, 4) is 11.5 Å². The zero-order chi connectivity index (χ0) is 27.7. The molecule has 4 heterocycles. The number of piperidine rings is 1. The summed E-state index contributed by atoms with van der Waals surface area (Å²) in [5.41, 5.74) is 4.17. The topological polar surface area (TPSA) is 114 Å². The molecule has 0 bridgehead atoms. The first-order valence-corrected chi connectivity index (χ1v) is 13.3. The first-order valence-electron chi connectivity index (χ1n) is 13.3. The predicted molar refractivity (Wildman–Crippen MR) is 154 cm³/mol. The lowest BCUT2D eigenvalue weighted by Gasteiger charge is -2.35. The van der Waals surface area contributed by atoms with Gasteiger partial charge >= 0.3 is 0 Å². The summed E-state index contributed by atoms with van der Waals surface area (Å²) in [6, 6.07) is 16.1. The molecule has 2 aliphatic heterocycles. The van der Waals surface area contributed by atoms with E-state index in [0.717, 1.165) is 52.1 Å². The van der Waals surface area contributed by atoms with E-state index in [9.17, 15) is 4.79 Å². The number of ether oxygens (including phenoxy) is 2. The van der Waals surface area contributed by atoms with Gasteiger partial charge in [0.25, 0.3) is 6.02 Å². The number of likely N-dealkylation sites (tertiary alicyclic amines) is 1. The average Bonchev–Trinajstić information content (AvgIpc) is 3.33. The number of nitrogens with one attached hydrogen (secondary N) is 2. The van der Waals surface area contributed by atoms with E-state index in [0.29, 0.717) is 37.3 Å². The molecule has 1 fully saturated rings. The van der Waals surface area contributed by atoms with Gasteiger partial charge < -0.3 is 25.0 Å². The Morgan fingerprint density at radius 3 is 2.52 bits per heavy atom. The third-order valence-electron chi connectivity index (χ3n) is 7.39. The first-order chi connectivity index (χ1) is 19.4. The van der Waals surface area contributed by atoms with Gasteiger partial charge in [0.2, 0.25) is 5.91 Å². The molecule has 10 nitrogen and oxygen atoms in total. The number of anilines is 3. The van der Waals surface area contributed by atoms with Crippen LogP contribution in [-0.4, -0.2) is 57.0 Å². The number of amidine groups is 1. The Labute approximate surface area is 232 Å². The molecule has 2 aliphatic rings. The third-order valence-corrected chi connectivity index (χ3v) is 7.39. The summed E-state index contributed by atoms with van der Waals surface area (Å²) in [7, 11) is 0. The summed E-state index contributed by atoms with van der Waals surface area (Å²) in [4.78, 5) is 31.7. The molecule has 0 unspecified atom stereocenters. The molecule has 204 valence electrons. The van der Waals surface area contributed by atoms with Gasteiger partial charge in [-0.2, -0.15) is 0 Å². The molecule has 0 atom stereocenters. The van der Waals surface area contributed by atoms with Gasteiger partial charge in [0.1, 0.15) is 35.8 Å². The van der Waals surface area contributed by atoms with E-state index < -0.39 is 0 Å². The van der Waals surface area contributed by atoms with Crippen molar-refractivity contribution in [2.24, 2.45) is 4.99 Å². The van der Waals surface area contributed by atoms with Gasteiger partial charge in [0.15, 0.2) is 0 Å². The van der Waals surface area contributed by atoms with Crippen molar-refractivity contribution in [2.45, 2.75) is 39.2 Å². The summed E-state index contributed by atoms with van der Waals surface area (Å²) in [5.74, 6) is 2.25. The highest BCUT2D eigenvalue weighted by Crippen LogP contribution is 2.33. The van der Waals surface area contributed by atoms with Gasteiger partial charge in [-0.05, 0) is 80.8 Å². The molecule has 0 radical (unpaired) electrons. The standard InChI is InChI=1S/C30H31N7O3/c1-19-14-22(6-9-27(19)40-24-7-4-20(2)31-16-24)34-28-25-15-23(5-8-26(25)32-18-33-28)35-29-36-30(17-39-29)10-12-37(13-11-30)21(3)38/h4-9,14-16,18H,10-13,17H2,1-3H3,(H,35,36)(H,32,33,34). The fourth-order valence-electron chi connectivity index (χ4n) is 5.02. The summed E-state index contributed by atoms with van der Waals surface area (Å²) >= 11 is 0.